The highest BCUT2D eigenvalue weighted by Gasteiger charge is 2.20. The fourth-order valence-corrected chi connectivity index (χ4v) is 2.61. The third kappa shape index (κ3) is 6.68. The van der Waals surface area contributed by atoms with Crippen molar-refractivity contribution >= 4 is 23.5 Å². The topological polar surface area (TPSA) is 73.9 Å². The average molecular weight is 420 g/mol. The van der Waals surface area contributed by atoms with Crippen LogP contribution in [-0.4, -0.2) is 31.6 Å². The molecule has 2 aromatic rings. The van der Waals surface area contributed by atoms with Crippen molar-refractivity contribution in [2.24, 2.45) is 5.92 Å². The zero-order chi connectivity index (χ0) is 21.4. The summed E-state index contributed by atoms with van der Waals surface area (Å²) in [7, 11) is 1.48. The predicted molar refractivity (Wildman–Crippen MR) is 112 cm³/mol. The second kappa shape index (κ2) is 10.7. The summed E-state index contributed by atoms with van der Waals surface area (Å²) >= 11 is 6.14. The van der Waals surface area contributed by atoms with Gasteiger partial charge in [0.2, 0.25) is 0 Å². The summed E-state index contributed by atoms with van der Waals surface area (Å²) in [6, 6.07) is 12.1. The molecule has 0 saturated heterocycles. The number of halogens is 1. The average Bonchev–Trinajstić information content (AvgIpc) is 2.71. The van der Waals surface area contributed by atoms with Gasteiger partial charge in [-0.15, -0.1) is 0 Å². The van der Waals surface area contributed by atoms with Gasteiger partial charge < -0.3 is 19.5 Å². The highest BCUT2D eigenvalue weighted by atomic mass is 35.5. The van der Waals surface area contributed by atoms with Crippen LogP contribution in [0.25, 0.3) is 0 Å². The molecule has 6 nitrogen and oxygen atoms in total. The van der Waals surface area contributed by atoms with Crippen molar-refractivity contribution in [1.82, 2.24) is 5.32 Å². The number of esters is 1. The van der Waals surface area contributed by atoms with Gasteiger partial charge in [-0.05, 0) is 37.1 Å². The van der Waals surface area contributed by atoms with Gasteiger partial charge in [0.25, 0.3) is 5.91 Å². The normalized spacial score (nSPS) is 11.7. The highest BCUT2D eigenvalue weighted by molar-refractivity contribution is 6.31. The molecular formula is C22H26ClNO5. The standard InChI is InChI=1S/C22H26ClNO5/c1-14(2)12-24-21(25)15(3)29-22(26)16-9-10-19(20(11-16)27-4)28-13-17-7-5-6-8-18(17)23/h5-11,14-15H,12-13H2,1-4H3,(H,24,25). The molecule has 2 rings (SSSR count). The molecule has 0 bridgehead atoms. The van der Waals surface area contributed by atoms with Crippen molar-refractivity contribution < 1.29 is 23.8 Å². The molecule has 1 amide bonds. The Balaban J connectivity index is 2.02. The van der Waals surface area contributed by atoms with Crippen molar-refractivity contribution in [2.75, 3.05) is 13.7 Å². The third-order valence-electron chi connectivity index (χ3n) is 4.08. The monoisotopic (exact) mass is 419 g/mol. The molecule has 7 heteroatoms. The lowest BCUT2D eigenvalue weighted by Crippen LogP contribution is -2.37. The first kappa shape index (κ1) is 22.6. The lowest BCUT2D eigenvalue weighted by molar-refractivity contribution is -0.129. The number of hydrogen-bond acceptors (Lipinski definition) is 5. The zero-order valence-electron chi connectivity index (χ0n) is 17.0. The summed E-state index contributed by atoms with van der Waals surface area (Å²) in [5.74, 6) is 0.200. The van der Waals surface area contributed by atoms with Crippen molar-refractivity contribution in [1.29, 1.82) is 0 Å². The minimum absolute atomic E-state index is 0.257. The van der Waals surface area contributed by atoms with Gasteiger partial charge in [0.1, 0.15) is 6.61 Å². The maximum Gasteiger partial charge on any atom is 0.339 e. The molecule has 156 valence electrons. The second-order valence-electron chi connectivity index (χ2n) is 6.93. The van der Waals surface area contributed by atoms with E-state index >= 15 is 0 Å². The number of hydrogen-bond donors (Lipinski definition) is 1. The Hall–Kier alpha value is -2.73. The Labute approximate surface area is 176 Å². The van der Waals surface area contributed by atoms with E-state index in [9.17, 15) is 9.59 Å². The third-order valence-corrected chi connectivity index (χ3v) is 4.45. The largest absolute Gasteiger partial charge is 0.493 e. The number of ether oxygens (including phenoxy) is 3. The first-order chi connectivity index (χ1) is 13.8. The Morgan fingerprint density at radius 2 is 1.79 bits per heavy atom. The molecule has 0 aromatic heterocycles. The van der Waals surface area contributed by atoms with Crippen LogP contribution in [0.15, 0.2) is 42.5 Å². The van der Waals surface area contributed by atoms with E-state index in [1.54, 1.807) is 18.2 Å². The van der Waals surface area contributed by atoms with Gasteiger partial charge in [0, 0.05) is 17.1 Å². The minimum Gasteiger partial charge on any atom is -0.493 e. The van der Waals surface area contributed by atoms with E-state index in [0.29, 0.717) is 29.0 Å². The summed E-state index contributed by atoms with van der Waals surface area (Å²) in [6.07, 6.45) is -0.900. The van der Waals surface area contributed by atoms with Gasteiger partial charge in [-0.25, -0.2) is 4.79 Å². The molecule has 2 aromatic carbocycles. The fraction of sp³-hybridized carbons (Fsp3) is 0.364. The lowest BCUT2D eigenvalue weighted by atomic mass is 10.2. The SMILES string of the molecule is COc1cc(C(=O)OC(C)C(=O)NCC(C)C)ccc1OCc1ccccc1Cl. The van der Waals surface area contributed by atoms with E-state index in [-0.39, 0.29) is 18.1 Å². The molecule has 0 radical (unpaired) electrons. The van der Waals surface area contributed by atoms with Gasteiger partial charge in [0.15, 0.2) is 17.6 Å². The number of methoxy groups -OCH3 is 1. The Kier molecular flexibility index (Phi) is 8.34. The van der Waals surface area contributed by atoms with Gasteiger partial charge in [-0.1, -0.05) is 43.6 Å². The zero-order valence-corrected chi connectivity index (χ0v) is 17.8. The maximum absolute atomic E-state index is 12.4. The first-order valence-corrected chi connectivity index (χ1v) is 9.72. The van der Waals surface area contributed by atoms with E-state index in [1.165, 1.54) is 20.1 Å². The molecule has 0 heterocycles. The number of benzene rings is 2. The molecular weight excluding hydrogens is 394 g/mol. The van der Waals surface area contributed by atoms with Crippen LogP contribution in [0.1, 0.15) is 36.7 Å². The van der Waals surface area contributed by atoms with Crippen LogP contribution in [0.4, 0.5) is 0 Å². The lowest BCUT2D eigenvalue weighted by Gasteiger charge is -2.16. The number of amides is 1. The van der Waals surface area contributed by atoms with E-state index in [0.717, 1.165) is 5.56 Å². The van der Waals surface area contributed by atoms with E-state index < -0.39 is 12.1 Å². The number of carbonyl (C=O) groups is 2. The summed E-state index contributed by atoms with van der Waals surface area (Å²) in [5.41, 5.74) is 1.09. The molecule has 29 heavy (non-hydrogen) atoms. The molecule has 1 atom stereocenters. The summed E-state index contributed by atoms with van der Waals surface area (Å²) in [4.78, 5) is 24.4. The number of nitrogens with one attached hydrogen (secondary N) is 1. The summed E-state index contributed by atoms with van der Waals surface area (Å²) < 4.78 is 16.4. The molecule has 0 saturated carbocycles. The van der Waals surface area contributed by atoms with Crippen molar-refractivity contribution in [3.05, 3.63) is 58.6 Å². The second-order valence-corrected chi connectivity index (χ2v) is 7.34. The van der Waals surface area contributed by atoms with Gasteiger partial charge in [0.05, 0.1) is 12.7 Å². The summed E-state index contributed by atoms with van der Waals surface area (Å²) in [6.45, 7) is 6.28. The Morgan fingerprint density at radius 1 is 1.07 bits per heavy atom. The van der Waals surface area contributed by atoms with E-state index in [4.69, 9.17) is 25.8 Å². The van der Waals surface area contributed by atoms with Gasteiger partial charge in [-0.2, -0.15) is 0 Å². The molecule has 1 unspecified atom stereocenters. The fourth-order valence-electron chi connectivity index (χ4n) is 2.42. The van der Waals surface area contributed by atoms with Crippen molar-refractivity contribution in [3.63, 3.8) is 0 Å². The number of carbonyl (C=O) groups excluding carboxylic acids is 2. The van der Waals surface area contributed by atoms with Crippen LogP contribution in [0.2, 0.25) is 5.02 Å². The van der Waals surface area contributed by atoms with Crippen LogP contribution in [0.3, 0.4) is 0 Å². The molecule has 0 spiro atoms. The highest BCUT2D eigenvalue weighted by Crippen LogP contribution is 2.30. The minimum atomic E-state index is -0.900. The van der Waals surface area contributed by atoms with Gasteiger partial charge >= 0.3 is 5.97 Å². The summed E-state index contributed by atoms with van der Waals surface area (Å²) in [5, 5.41) is 3.34. The number of rotatable bonds is 9. The Morgan fingerprint density at radius 3 is 2.45 bits per heavy atom. The molecule has 1 N–H and O–H groups in total. The quantitative estimate of drug-likeness (QED) is 0.615. The van der Waals surface area contributed by atoms with Gasteiger partial charge in [-0.3, -0.25) is 4.79 Å². The van der Waals surface area contributed by atoms with Crippen LogP contribution in [-0.2, 0) is 16.1 Å². The first-order valence-electron chi connectivity index (χ1n) is 9.34. The molecule has 0 aliphatic carbocycles. The molecule has 0 fully saturated rings. The Bertz CT molecular complexity index is 853. The van der Waals surface area contributed by atoms with Crippen molar-refractivity contribution in [2.45, 2.75) is 33.5 Å². The maximum atomic E-state index is 12.4. The van der Waals surface area contributed by atoms with E-state index in [2.05, 4.69) is 5.32 Å². The van der Waals surface area contributed by atoms with Crippen LogP contribution >= 0.6 is 11.6 Å². The van der Waals surface area contributed by atoms with Crippen molar-refractivity contribution in [3.8, 4) is 11.5 Å². The molecule has 0 aliphatic rings. The van der Waals surface area contributed by atoms with Crippen LogP contribution in [0, 0.1) is 5.92 Å². The van der Waals surface area contributed by atoms with E-state index in [1.807, 2.05) is 32.0 Å². The molecule has 0 aliphatic heterocycles. The predicted octanol–water partition coefficient (Wildman–Crippen LogP) is 4.25. The van der Waals surface area contributed by atoms with Crippen LogP contribution < -0.4 is 14.8 Å². The van der Waals surface area contributed by atoms with Crippen LogP contribution in [0.5, 0.6) is 11.5 Å². The smallest absolute Gasteiger partial charge is 0.339 e.